The fourth-order valence-electron chi connectivity index (χ4n) is 2.49. The summed E-state index contributed by atoms with van der Waals surface area (Å²) in [6.07, 6.45) is -1.72. The first-order chi connectivity index (χ1) is 10.2. The Morgan fingerprint density at radius 3 is 2.50 bits per heavy atom. The van der Waals surface area contributed by atoms with Crippen molar-refractivity contribution in [2.24, 2.45) is 5.73 Å². The summed E-state index contributed by atoms with van der Waals surface area (Å²) in [5.41, 5.74) is 8.27. The molecular formula is C16H16Cl3N. The summed E-state index contributed by atoms with van der Waals surface area (Å²) in [6.45, 7) is 0. The van der Waals surface area contributed by atoms with Crippen molar-refractivity contribution in [3.8, 4) is 0 Å². The molecule has 0 saturated heterocycles. The molecule has 2 atom stereocenters. The second-order valence-electron chi connectivity index (χ2n) is 4.61. The number of halogens is 3. The second-order valence-corrected chi connectivity index (χ2v) is 5.42. The number of hydrogen-bond donors (Lipinski definition) is 1. The Hall–Kier alpha value is -0.730. The molecule has 4 heteroatoms. The Balaban J connectivity index is 0.00000192. The molecule has 0 amide bonds. The van der Waals surface area contributed by atoms with Crippen LogP contribution in [0, 0.1) is 0 Å². The van der Waals surface area contributed by atoms with E-state index >= 15 is 0 Å². The van der Waals surface area contributed by atoms with Gasteiger partial charge in [-0.25, -0.2) is 0 Å². The van der Waals surface area contributed by atoms with Crippen molar-refractivity contribution in [2.75, 3.05) is 0 Å². The van der Waals surface area contributed by atoms with Gasteiger partial charge >= 0.3 is 0 Å². The molecule has 106 valence electrons. The molecule has 2 N–H and O–H groups in total. The summed E-state index contributed by atoms with van der Waals surface area (Å²) in [5.74, 6) is -0.206. The van der Waals surface area contributed by atoms with Crippen LogP contribution in [0.5, 0.6) is 0 Å². The summed E-state index contributed by atoms with van der Waals surface area (Å²) in [5, 5.41) is 0.902. The van der Waals surface area contributed by atoms with Gasteiger partial charge in [0, 0.05) is 14.7 Å². The van der Waals surface area contributed by atoms with Crippen LogP contribution in [0.4, 0.5) is 0 Å². The lowest BCUT2D eigenvalue weighted by Gasteiger charge is -2.30. The Labute approximate surface area is 139 Å². The van der Waals surface area contributed by atoms with E-state index in [1.807, 2.05) is 18.2 Å². The van der Waals surface area contributed by atoms with Crippen LogP contribution in [-0.2, 0) is 0 Å². The molecule has 0 fully saturated rings. The third-order valence-electron chi connectivity index (χ3n) is 3.47. The van der Waals surface area contributed by atoms with Gasteiger partial charge in [0.15, 0.2) is 0 Å². The van der Waals surface area contributed by atoms with E-state index in [1.54, 1.807) is 24.3 Å². The van der Waals surface area contributed by atoms with Crippen LogP contribution in [0.15, 0.2) is 42.5 Å². The smallest absolute Gasteiger partial charge is 0.0595 e. The first kappa shape index (κ1) is 11.9. The van der Waals surface area contributed by atoms with E-state index in [2.05, 4.69) is 0 Å². The molecule has 0 radical (unpaired) electrons. The fraction of sp³-hybridized carbons (Fsp3) is 0.250. The minimum Gasteiger partial charge on any atom is -0.324 e. The van der Waals surface area contributed by atoms with Gasteiger partial charge in [0.1, 0.15) is 0 Å². The zero-order chi connectivity index (χ0) is 16.1. The van der Waals surface area contributed by atoms with Crippen LogP contribution < -0.4 is 5.73 Å². The molecule has 1 nitrogen and oxygen atoms in total. The predicted molar refractivity (Wildman–Crippen MR) is 88.2 cm³/mol. The maximum atomic E-state index is 8.30. The molecule has 0 heterocycles. The lowest BCUT2D eigenvalue weighted by molar-refractivity contribution is 0.530. The van der Waals surface area contributed by atoms with Crippen molar-refractivity contribution in [2.45, 2.75) is 24.7 Å². The van der Waals surface area contributed by atoms with Crippen molar-refractivity contribution >= 4 is 35.6 Å². The molecule has 0 bridgehead atoms. The molecule has 1 aliphatic carbocycles. The van der Waals surface area contributed by atoms with Gasteiger partial charge in [0.25, 0.3) is 0 Å². The first-order valence-electron chi connectivity index (χ1n) is 7.57. The number of fused-ring (bicyclic) bond motifs is 1. The molecule has 2 aromatic carbocycles. The summed E-state index contributed by atoms with van der Waals surface area (Å²) >= 11 is 12.1. The monoisotopic (exact) mass is 330 g/mol. The molecule has 0 aromatic heterocycles. The minimum atomic E-state index is -1.85. The summed E-state index contributed by atoms with van der Waals surface area (Å²) in [4.78, 5) is 0. The zero-order valence-electron chi connectivity index (χ0n) is 13.6. The fourth-order valence-corrected chi connectivity index (χ4v) is 2.80. The summed E-state index contributed by atoms with van der Waals surface area (Å²) in [6, 6.07) is 10.8. The Morgan fingerprint density at radius 1 is 1.10 bits per heavy atom. The van der Waals surface area contributed by atoms with Crippen LogP contribution in [0.3, 0.4) is 0 Å². The van der Waals surface area contributed by atoms with Crippen LogP contribution >= 0.6 is 35.6 Å². The summed E-state index contributed by atoms with van der Waals surface area (Å²) < 4.78 is 24.8. The van der Waals surface area contributed by atoms with Crippen molar-refractivity contribution in [1.82, 2.24) is 0 Å². The van der Waals surface area contributed by atoms with Crippen molar-refractivity contribution < 1.29 is 4.11 Å². The molecule has 0 unspecified atom stereocenters. The predicted octanol–water partition coefficient (Wildman–Crippen LogP) is 5.34. The van der Waals surface area contributed by atoms with Crippen LogP contribution in [0.1, 0.15) is 45.5 Å². The molecule has 20 heavy (non-hydrogen) atoms. The van der Waals surface area contributed by atoms with Crippen molar-refractivity contribution in [3.05, 3.63) is 69.2 Å². The van der Waals surface area contributed by atoms with Crippen molar-refractivity contribution in [3.63, 3.8) is 0 Å². The third-order valence-corrected chi connectivity index (χ3v) is 4.21. The zero-order valence-corrected chi connectivity index (χ0v) is 12.9. The Kier molecular flexibility index (Phi) is 3.78. The van der Waals surface area contributed by atoms with E-state index < -0.39 is 12.4 Å². The molecule has 0 spiro atoms. The average molecular weight is 332 g/mol. The van der Waals surface area contributed by atoms with E-state index in [1.165, 1.54) is 0 Å². The van der Waals surface area contributed by atoms with E-state index in [-0.39, 0.29) is 24.7 Å². The maximum absolute atomic E-state index is 8.30. The molecule has 2 aromatic rings. The lowest BCUT2D eigenvalue weighted by atomic mass is 9.77. The molecule has 0 saturated carbocycles. The van der Waals surface area contributed by atoms with Crippen LogP contribution in [0.2, 0.25) is 10.0 Å². The van der Waals surface area contributed by atoms with E-state index in [0.717, 1.165) is 11.1 Å². The van der Waals surface area contributed by atoms with Gasteiger partial charge in [-0.15, -0.1) is 12.4 Å². The normalized spacial score (nSPS) is 29.4. The molecule has 0 aliphatic heterocycles. The topological polar surface area (TPSA) is 26.0 Å². The highest BCUT2D eigenvalue weighted by Gasteiger charge is 2.26. The van der Waals surface area contributed by atoms with Crippen LogP contribution in [0.25, 0.3) is 0 Å². The number of benzene rings is 2. The van der Waals surface area contributed by atoms with Crippen molar-refractivity contribution in [1.29, 1.82) is 0 Å². The van der Waals surface area contributed by atoms with E-state index in [0.29, 0.717) is 15.6 Å². The highest BCUT2D eigenvalue weighted by Crippen LogP contribution is 2.41. The van der Waals surface area contributed by atoms with Gasteiger partial charge in [0.2, 0.25) is 0 Å². The number of hydrogen-bond acceptors (Lipinski definition) is 1. The number of nitrogens with two attached hydrogens (primary N) is 1. The SMILES string of the molecule is Cl.[2H]C1([2H])C[C@H](c2ccc(Cl)c(Cl)c2)c2ccccc2[C@@]1([2H])N. The second kappa shape index (κ2) is 6.36. The van der Waals surface area contributed by atoms with Gasteiger partial charge in [-0.1, -0.05) is 53.5 Å². The molecular weight excluding hydrogens is 313 g/mol. The standard InChI is InChI=1S/C16H15Cl2N.ClH/c17-14-7-5-10(9-15(14)18)11-6-8-16(19)13-4-2-1-3-12(11)13;/h1-5,7,9,11,16H,6,8,19H2;1H/t11-,16+;/m1./s1/i8D2,16D;. The average Bonchev–Trinajstić information content (AvgIpc) is 2.46. The highest BCUT2D eigenvalue weighted by molar-refractivity contribution is 6.42. The third kappa shape index (κ3) is 2.82. The van der Waals surface area contributed by atoms with Gasteiger partial charge in [0.05, 0.1) is 11.4 Å². The highest BCUT2D eigenvalue weighted by atomic mass is 35.5. The largest absolute Gasteiger partial charge is 0.324 e. The maximum Gasteiger partial charge on any atom is 0.0595 e. The van der Waals surface area contributed by atoms with Gasteiger partial charge < -0.3 is 5.73 Å². The minimum absolute atomic E-state index is 0. The lowest BCUT2D eigenvalue weighted by Crippen LogP contribution is -2.20. The van der Waals surface area contributed by atoms with Crippen LogP contribution in [-0.4, -0.2) is 0 Å². The van der Waals surface area contributed by atoms with E-state index in [9.17, 15) is 0 Å². The Morgan fingerprint density at radius 2 is 1.80 bits per heavy atom. The quantitative estimate of drug-likeness (QED) is 0.750. The van der Waals surface area contributed by atoms with Gasteiger partial charge in [-0.2, -0.15) is 0 Å². The number of rotatable bonds is 1. The molecule has 1 aliphatic rings. The summed E-state index contributed by atoms with van der Waals surface area (Å²) in [7, 11) is 0. The van der Waals surface area contributed by atoms with E-state index in [4.69, 9.17) is 33.0 Å². The Bertz CT molecular complexity index is 734. The van der Waals surface area contributed by atoms with Gasteiger partial charge in [-0.3, -0.25) is 0 Å². The molecule has 3 rings (SSSR count). The first-order valence-corrected chi connectivity index (χ1v) is 6.83. The van der Waals surface area contributed by atoms with Gasteiger partial charge in [-0.05, 0) is 41.6 Å².